The Hall–Kier alpha value is -8.12. The summed E-state index contributed by atoms with van der Waals surface area (Å²) in [5.41, 5.74) is 14.3. The van der Waals surface area contributed by atoms with Gasteiger partial charge in [0.2, 0.25) is 5.95 Å². The number of aromatic nitrogens is 4. The normalized spacial score (nSPS) is 11.8. The van der Waals surface area contributed by atoms with Gasteiger partial charge in [0, 0.05) is 48.8 Å². The van der Waals surface area contributed by atoms with Crippen LogP contribution in [0.15, 0.2) is 218 Å². The molecule has 4 nitrogen and oxygen atoms in total. The van der Waals surface area contributed by atoms with Crippen molar-refractivity contribution in [2.75, 3.05) is 0 Å². The summed E-state index contributed by atoms with van der Waals surface area (Å²) in [6.45, 7) is 0. The smallest absolute Gasteiger partial charge is 0.235 e. The minimum Gasteiger partial charge on any atom is -0.309 e. The molecule has 63 heavy (non-hydrogen) atoms. The maximum Gasteiger partial charge on any atom is 0.235 e. The second-order valence-electron chi connectivity index (χ2n) is 16.1. The third kappa shape index (κ3) is 5.53. The van der Waals surface area contributed by atoms with E-state index in [2.05, 4.69) is 228 Å². The summed E-state index contributed by atoms with van der Waals surface area (Å²) < 4.78 is 5.78. The van der Waals surface area contributed by atoms with Gasteiger partial charge in [-0.15, -0.1) is 11.3 Å². The van der Waals surface area contributed by atoms with E-state index < -0.39 is 0 Å². The molecule has 294 valence electrons. The highest BCUT2D eigenvalue weighted by Gasteiger charge is 2.25. The average molecular weight is 821 g/mol. The lowest BCUT2D eigenvalue weighted by Gasteiger charge is -2.12. The van der Waals surface area contributed by atoms with Gasteiger partial charge in [-0.25, -0.2) is 9.97 Å². The molecule has 5 heteroatoms. The van der Waals surface area contributed by atoms with Gasteiger partial charge >= 0.3 is 0 Å². The molecule has 0 saturated heterocycles. The molecule has 0 saturated carbocycles. The van der Waals surface area contributed by atoms with E-state index in [0.29, 0.717) is 5.95 Å². The van der Waals surface area contributed by atoms with Crippen molar-refractivity contribution < 1.29 is 0 Å². The van der Waals surface area contributed by atoms with Crippen LogP contribution in [0.2, 0.25) is 0 Å². The molecule has 0 atom stereocenters. The highest BCUT2D eigenvalue weighted by molar-refractivity contribution is 7.23. The molecule has 13 rings (SSSR count). The van der Waals surface area contributed by atoms with E-state index in [0.717, 1.165) is 65.8 Å². The molecule has 9 aromatic carbocycles. The fraction of sp³-hybridized carbons (Fsp3) is 0. The van der Waals surface area contributed by atoms with Gasteiger partial charge in [-0.2, -0.15) is 0 Å². The van der Waals surface area contributed by atoms with Gasteiger partial charge in [-0.1, -0.05) is 182 Å². The fourth-order valence-corrected chi connectivity index (χ4v) is 11.1. The molecule has 0 amide bonds. The van der Waals surface area contributed by atoms with Crippen molar-refractivity contribution in [3.63, 3.8) is 0 Å². The first-order valence-electron chi connectivity index (χ1n) is 21.3. The van der Waals surface area contributed by atoms with E-state index in [-0.39, 0.29) is 0 Å². The van der Waals surface area contributed by atoms with Crippen LogP contribution >= 0.6 is 11.3 Å². The van der Waals surface area contributed by atoms with Gasteiger partial charge in [0.1, 0.15) is 0 Å². The SMILES string of the molecule is c1ccc(-c2sc3c(-c4ccccc4)nc(-n4c5ccc(-c6cccc7c8ccccc8n(-c8ccccc8)c67)cc5c5c6ccccc6ccc54)nc3c2-c2ccccc2)cc1. The van der Waals surface area contributed by atoms with E-state index in [1.165, 1.54) is 48.4 Å². The number of hydrogen-bond acceptors (Lipinski definition) is 3. The van der Waals surface area contributed by atoms with Crippen molar-refractivity contribution in [2.24, 2.45) is 0 Å². The maximum absolute atomic E-state index is 5.66. The number of rotatable bonds is 6. The molecule has 0 spiro atoms. The monoisotopic (exact) mass is 820 g/mol. The third-order valence-electron chi connectivity index (χ3n) is 12.5. The molecule has 0 radical (unpaired) electrons. The molecule has 0 aliphatic carbocycles. The van der Waals surface area contributed by atoms with Crippen molar-refractivity contribution in [1.29, 1.82) is 0 Å². The molecule has 4 aromatic heterocycles. The lowest BCUT2D eigenvalue weighted by molar-refractivity contribution is 1.02. The Morgan fingerprint density at radius 2 is 1.02 bits per heavy atom. The van der Waals surface area contributed by atoms with Crippen molar-refractivity contribution in [3.8, 4) is 55.6 Å². The van der Waals surface area contributed by atoms with Crippen LogP contribution in [-0.4, -0.2) is 19.1 Å². The Balaban J connectivity index is 1.13. The average Bonchev–Trinajstić information content (AvgIpc) is 4.03. The lowest BCUT2D eigenvalue weighted by atomic mass is 9.98. The van der Waals surface area contributed by atoms with Crippen molar-refractivity contribution in [2.45, 2.75) is 0 Å². The number of para-hydroxylation sites is 3. The first kappa shape index (κ1) is 35.6. The zero-order valence-electron chi connectivity index (χ0n) is 34.0. The highest BCUT2D eigenvalue weighted by Crippen LogP contribution is 2.48. The fourth-order valence-electron chi connectivity index (χ4n) is 9.79. The Labute approximate surface area is 367 Å². The van der Waals surface area contributed by atoms with E-state index in [1.807, 2.05) is 0 Å². The highest BCUT2D eigenvalue weighted by atomic mass is 32.1. The first-order valence-corrected chi connectivity index (χ1v) is 22.2. The molecule has 0 unspecified atom stereocenters. The Morgan fingerprint density at radius 1 is 0.397 bits per heavy atom. The molecular weight excluding hydrogens is 785 g/mol. The van der Waals surface area contributed by atoms with Gasteiger partial charge in [0.05, 0.1) is 38.0 Å². The van der Waals surface area contributed by atoms with Crippen molar-refractivity contribution >= 4 is 75.9 Å². The van der Waals surface area contributed by atoms with Gasteiger partial charge in [0.25, 0.3) is 0 Å². The Kier molecular flexibility index (Phi) is 8.05. The molecule has 0 bridgehead atoms. The molecule has 0 fully saturated rings. The third-order valence-corrected chi connectivity index (χ3v) is 13.8. The molecule has 13 aromatic rings. The molecule has 0 aliphatic rings. The molecule has 0 aliphatic heterocycles. The zero-order valence-corrected chi connectivity index (χ0v) is 34.8. The van der Waals surface area contributed by atoms with Gasteiger partial charge in [0.15, 0.2) is 0 Å². The van der Waals surface area contributed by atoms with E-state index in [9.17, 15) is 0 Å². The Bertz CT molecular complexity index is 3890. The van der Waals surface area contributed by atoms with Crippen molar-refractivity contribution in [3.05, 3.63) is 218 Å². The second kappa shape index (κ2) is 14.2. The van der Waals surface area contributed by atoms with E-state index in [1.54, 1.807) is 11.3 Å². The summed E-state index contributed by atoms with van der Waals surface area (Å²) in [5.74, 6) is 0.644. The maximum atomic E-state index is 5.66. The molecular formula is C58H36N4S. The van der Waals surface area contributed by atoms with Gasteiger partial charge in [-0.3, -0.25) is 4.57 Å². The van der Waals surface area contributed by atoms with Crippen LogP contribution < -0.4 is 0 Å². The minimum atomic E-state index is 0.644. The summed E-state index contributed by atoms with van der Waals surface area (Å²) in [6.07, 6.45) is 0. The van der Waals surface area contributed by atoms with Gasteiger partial charge in [-0.05, 0) is 63.9 Å². The predicted molar refractivity (Wildman–Crippen MR) is 265 cm³/mol. The summed E-state index contributed by atoms with van der Waals surface area (Å²) in [7, 11) is 0. The number of thiophene rings is 1. The molecule has 4 heterocycles. The van der Waals surface area contributed by atoms with Crippen LogP contribution in [0.5, 0.6) is 0 Å². The summed E-state index contributed by atoms with van der Waals surface area (Å²) >= 11 is 1.77. The van der Waals surface area contributed by atoms with E-state index >= 15 is 0 Å². The number of benzene rings is 9. The number of nitrogens with zero attached hydrogens (tertiary/aromatic N) is 4. The topological polar surface area (TPSA) is 35.6 Å². The lowest BCUT2D eigenvalue weighted by Crippen LogP contribution is -2.03. The summed E-state index contributed by atoms with van der Waals surface area (Å²) in [6, 6.07) is 78.4. The van der Waals surface area contributed by atoms with E-state index in [4.69, 9.17) is 9.97 Å². The van der Waals surface area contributed by atoms with Crippen LogP contribution in [0.4, 0.5) is 0 Å². The molecule has 0 N–H and O–H groups in total. The van der Waals surface area contributed by atoms with Crippen LogP contribution in [0.3, 0.4) is 0 Å². The van der Waals surface area contributed by atoms with Crippen LogP contribution in [-0.2, 0) is 0 Å². The largest absolute Gasteiger partial charge is 0.309 e. The zero-order chi connectivity index (χ0) is 41.4. The minimum absolute atomic E-state index is 0.644. The van der Waals surface area contributed by atoms with Crippen LogP contribution in [0.25, 0.3) is 120 Å². The quantitative estimate of drug-likeness (QED) is 0.167. The van der Waals surface area contributed by atoms with Crippen molar-refractivity contribution in [1.82, 2.24) is 19.1 Å². The first-order chi connectivity index (χ1) is 31.3. The summed E-state index contributed by atoms with van der Waals surface area (Å²) in [5, 5.41) is 7.20. The summed E-state index contributed by atoms with van der Waals surface area (Å²) in [4.78, 5) is 12.4. The number of hydrogen-bond donors (Lipinski definition) is 0. The Morgan fingerprint density at radius 3 is 1.79 bits per heavy atom. The number of fused-ring (bicyclic) bond motifs is 9. The van der Waals surface area contributed by atoms with Crippen LogP contribution in [0.1, 0.15) is 0 Å². The van der Waals surface area contributed by atoms with Crippen LogP contribution in [0, 0.1) is 0 Å². The second-order valence-corrected chi connectivity index (χ2v) is 17.1. The predicted octanol–water partition coefficient (Wildman–Crippen LogP) is 15.7. The standard InChI is InChI=1S/C58H36N4S/c1-5-19-38(20-6-1)51-54-57(63-56(51)40-23-9-3-10-24-40)53(39-21-7-2-8-22-39)59-58(60-54)62-49-34-33-41(36-47(49)52-43-27-14-13-18-37(43)32-35-50(52)62)44-29-17-30-46-45-28-15-16-31-48(45)61(55(44)46)42-25-11-4-12-26-42/h1-36H. The van der Waals surface area contributed by atoms with Gasteiger partial charge < -0.3 is 4.57 Å².